The highest BCUT2D eigenvalue weighted by atomic mass is 35.5. The van der Waals surface area contributed by atoms with Crippen molar-refractivity contribution in [2.45, 2.75) is 26.7 Å². The van der Waals surface area contributed by atoms with Crippen molar-refractivity contribution in [2.75, 3.05) is 5.32 Å². The van der Waals surface area contributed by atoms with E-state index in [1.807, 2.05) is 6.92 Å². The van der Waals surface area contributed by atoms with Gasteiger partial charge in [0.2, 0.25) is 5.95 Å². The Bertz CT molecular complexity index is 1150. The number of amides is 1. The predicted octanol–water partition coefficient (Wildman–Crippen LogP) is 3.03. The smallest absolute Gasteiger partial charge is 0.270 e. The molecule has 10 nitrogen and oxygen atoms in total. The number of halogens is 1. The molecule has 150 valence electrons. The van der Waals surface area contributed by atoms with Crippen LogP contribution in [0, 0.1) is 17.0 Å². The summed E-state index contributed by atoms with van der Waals surface area (Å²) in [4.78, 5) is 42.0. The fourth-order valence-corrected chi connectivity index (χ4v) is 2.92. The third kappa shape index (κ3) is 4.49. The minimum Gasteiger partial charge on any atom is -0.306 e. The monoisotopic (exact) mass is 416 g/mol. The second-order valence-corrected chi connectivity index (χ2v) is 6.68. The number of benzene rings is 1. The van der Waals surface area contributed by atoms with Gasteiger partial charge in [-0.25, -0.2) is 4.98 Å². The average Bonchev–Trinajstić information content (AvgIpc) is 3.01. The Hall–Kier alpha value is -3.53. The maximum Gasteiger partial charge on any atom is 0.270 e. The van der Waals surface area contributed by atoms with Crippen molar-refractivity contribution in [1.29, 1.82) is 0 Å². The summed E-state index contributed by atoms with van der Waals surface area (Å²) >= 11 is 6.03. The van der Waals surface area contributed by atoms with Gasteiger partial charge >= 0.3 is 0 Å². The molecular formula is C18H17ClN6O4. The highest BCUT2D eigenvalue weighted by Gasteiger charge is 2.19. The fourth-order valence-electron chi connectivity index (χ4n) is 2.71. The Morgan fingerprint density at radius 2 is 2.10 bits per heavy atom. The summed E-state index contributed by atoms with van der Waals surface area (Å²) in [6.45, 7) is 3.68. The molecule has 0 saturated heterocycles. The van der Waals surface area contributed by atoms with Crippen LogP contribution in [0.5, 0.6) is 0 Å². The van der Waals surface area contributed by atoms with E-state index in [0.717, 1.165) is 12.5 Å². The number of carbonyl (C=O) groups excluding carboxylic acids is 1. The minimum absolute atomic E-state index is 0.0624. The van der Waals surface area contributed by atoms with Gasteiger partial charge in [-0.3, -0.25) is 24.7 Å². The number of rotatable bonds is 6. The van der Waals surface area contributed by atoms with Crippen molar-refractivity contribution in [3.8, 4) is 5.95 Å². The van der Waals surface area contributed by atoms with E-state index in [-0.39, 0.29) is 33.6 Å². The topological polar surface area (TPSA) is 136 Å². The fraction of sp³-hybridized carbons (Fsp3) is 0.222. The second kappa shape index (κ2) is 8.23. The van der Waals surface area contributed by atoms with Crippen LogP contribution in [-0.2, 0) is 6.42 Å². The lowest BCUT2D eigenvalue weighted by Gasteiger charge is -2.10. The van der Waals surface area contributed by atoms with Gasteiger partial charge < -0.3 is 5.32 Å². The van der Waals surface area contributed by atoms with Gasteiger partial charge in [0, 0.05) is 30.0 Å². The summed E-state index contributed by atoms with van der Waals surface area (Å²) in [6, 6.07) is 6.57. The summed E-state index contributed by atoms with van der Waals surface area (Å²) in [7, 11) is 0. The number of nitrogens with one attached hydrogen (secondary N) is 2. The zero-order valence-electron chi connectivity index (χ0n) is 15.6. The average molecular weight is 417 g/mol. The van der Waals surface area contributed by atoms with Crippen LogP contribution in [0.2, 0.25) is 5.02 Å². The normalized spacial score (nSPS) is 10.7. The van der Waals surface area contributed by atoms with Crippen molar-refractivity contribution >= 4 is 29.0 Å². The number of nitrogens with zero attached hydrogens (tertiary/aromatic N) is 4. The zero-order chi connectivity index (χ0) is 21.1. The first-order valence-electron chi connectivity index (χ1n) is 8.71. The van der Waals surface area contributed by atoms with Crippen LogP contribution in [0.3, 0.4) is 0 Å². The number of nitro groups is 1. The number of aromatic nitrogens is 4. The van der Waals surface area contributed by atoms with Crippen molar-refractivity contribution in [2.24, 2.45) is 0 Å². The molecule has 2 heterocycles. The number of hydrogen-bond acceptors (Lipinski definition) is 6. The molecule has 1 amide bonds. The summed E-state index contributed by atoms with van der Waals surface area (Å²) in [5.41, 5.74) is 0.493. The molecule has 3 rings (SSSR count). The largest absolute Gasteiger partial charge is 0.306 e. The third-order valence-electron chi connectivity index (χ3n) is 3.97. The lowest BCUT2D eigenvalue weighted by atomic mass is 10.2. The van der Waals surface area contributed by atoms with E-state index in [2.05, 4.69) is 20.4 Å². The Kier molecular flexibility index (Phi) is 5.74. The van der Waals surface area contributed by atoms with E-state index < -0.39 is 10.8 Å². The number of H-pyrrole nitrogens is 1. The maximum atomic E-state index is 12.7. The summed E-state index contributed by atoms with van der Waals surface area (Å²) < 4.78 is 1.29. The number of non-ortho nitro benzene ring substituents is 1. The van der Waals surface area contributed by atoms with Gasteiger partial charge in [0.1, 0.15) is 5.82 Å². The van der Waals surface area contributed by atoms with E-state index in [9.17, 15) is 19.7 Å². The summed E-state index contributed by atoms with van der Waals surface area (Å²) in [5, 5.41) is 17.9. The Balaban J connectivity index is 1.99. The van der Waals surface area contributed by atoms with E-state index >= 15 is 0 Å². The molecule has 0 radical (unpaired) electrons. The molecule has 11 heteroatoms. The van der Waals surface area contributed by atoms with Crippen LogP contribution in [0.4, 0.5) is 11.5 Å². The Morgan fingerprint density at radius 1 is 1.34 bits per heavy atom. The van der Waals surface area contributed by atoms with Gasteiger partial charge in [0.05, 0.1) is 21.2 Å². The number of hydrogen-bond donors (Lipinski definition) is 2. The maximum absolute atomic E-state index is 12.7. The molecule has 0 unspecified atom stereocenters. The lowest BCUT2D eigenvalue weighted by Crippen LogP contribution is -2.19. The molecule has 0 saturated carbocycles. The zero-order valence-corrected chi connectivity index (χ0v) is 16.4. The number of aromatic amines is 1. The van der Waals surface area contributed by atoms with Gasteiger partial charge in [-0.2, -0.15) is 9.78 Å². The predicted molar refractivity (Wildman–Crippen MR) is 107 cm³/mol. The van der Waals surface area contributed by atoms with Gasteiger partial charge in [0.25, 0.3) is 17.2 Å². The molecule has 29 heavy (non-hydrogen) atoms. The summed E-state index contributed by atoms with van der Waals surface area (Å²) in [6.07, 6.45) is 1.42. The van der Waals surface area contributed by atoms with Crippen LogP contribution in [-0.4, -0.2) is 30.6 Å². The van der Waals surface area contributed by atoms with E-state index in [0.29, 0.717) is 17.8 Å². The van der Waals surface area contributed by atoms with Crippen molar-refractivity contribution < 1.29 is 9.72 Å². The van der Waals surface area contributed by atoms with E-state index in [1.54, 1.807) is 13.0 Å². The van der Waals surface area contributed by atoms with Crippen LogP contribution in [0.1, 0.15) is 35.1 Å². The molecule has 3 aromatic rings. The number of carbonyl (C=O) groups is 1. The molecule has 0 bridgehead atoms. The standard InChI is InChI=1S/C18H17ClN6O4/c1-3-4-11-8-16(26)22-18(20-11)24-15(7-10(2)23-24)21-17(27)13-9-12(25(28)29)5-6-14(13)19/h5-9H,3-4H2,1-2H3,(H,21,27)(H,20,22,26). The van der Waals surface area contributed by atoms with Crippen molar-refractivity contribution in [3.63, 3.8) is 0 Å². The number of anilines is 1. The van der Waals surface area contributed by atoms with Crippen LogP contribution in [0.25, 0.3) is 5.95 Å². The van der Waals surface area contributed by atoms with Gasteiger partial charge in [-0.15, -0.1) is 0 Å². The molecule has 0 aliphatic carbocycles. The SMILES string of the molecule is CCCc1cc(=O)[nH]c(-n2nc(C)cc2NC(=O)c2cc([N+](=O)[O-])ccc2Cl)n1. The molecule has 1 aromatic carbocycles. The number of aryl methyl sites for hydroxylation is 2. The third-order valence-corrected chi connectivity index (χ3v) is 4.30. The van der Waals surface area contributed by atoms with Crippen molar-refractivity contribution in [1.82, 2.24) is 19.7 Å². The molecule has 0 fully saturated rings. The quantitative estimate of drug-likeness (QED) is 0.468. The molecule has 0 aliphatic heterocycles. The summed E-state index contributed by atoms with van der Waals surface area (Å²) in [5.74, 6) is -0.284. The first kappa shape index (κ1) is 20.2. The number of nitro benzene ring substituents is 1. The minimum atomic E-state index is -0.660. The first-order chi connectivity index (χ1) is 13.8. The second-order valence-electron chi connectivity index (χ2n) is 6.27. The van der Waals surface area contributed by atoms with Crippen LogP contribution < -0.4 is 10.9 Å². The molecule has 0 atom stereocenters. The van der Waals surface area contributed by atoms with Crippen molar-refractivity contribution in [3.05, 3.63) is 72.8 Å². The van der Waals surface area contributed by atoms with E-state index in [4.69, 9.17) is 11.6 Å². The van der Waals surface area contributed by atoms with Gasteiger partial charge in [0.15, 0.2) is 0 Å². The molecule has 0 aliphatic rings. The highest BCUT2D eigenvalue weighted by molar-refractivity contribution is 6.34. The molecule has 0 spiro atoms. The van der Waals surface area contributed by atoms with Crippen LogP contribution in [0.15, 0.2) is 35.1 Å². The highest BCUT2D eigenvalue weighted by Crippen LogP contribution is 2.24. The molecule has 2 N–H and O–H groups in total. The Morgan fingerprint density at radius 3 is 2.79 bits per heavy atom. The van der Waals surface area contributed by atoms with Crippen LogP contribution >= 0.6 is 11.6 Å². The lowest BCUT2D eigenvalue weighted by molar-refractivity contribution is -0.384. The van der Waals surface area contributed by atoms with Gasteiger partial charge in [-0.1, -0.05) is 24.9 Å². The van der Waals surface area contributed by atoms with Gasteiger partial charge in [-0.05, 0) is 19.4 Å². The molecule has 2 aromatic heterocycles. The molecular weight excluding hydrogens is 400 g/mol. The Labute approximate surface area is 169 Å². The van der Waals surface area contributed by atoms with E-state index in [1.165, 1.54) is 22.9 Å². The first-order valence-corrected chi connectivity index (χ1v) is 9.09.